The summed E-state index contributed by atoms with van der Waals surface area (Å²) in [5.74, 6) is 1.13. The van der Waals surface area contributed by atoms with Crippen LogP contribution in [0.25, 0.3) is 0 Å². The highest BCUT2D eigenvalue weighted by molar-refractivity contribution is 5.78. The van der Waals surface area contributed by atoms with Crippen LogP contribution in [-0.4, -0.2) is 50.3 Å². The molecule has 2 fully saturated rings. The summed E-state index contributed by atoms with van der Waals surface area (Å²) in [5.41, 5.74) is 7.57. The van der Waals surface area contributed by atoms with Crippen molar-refractivity contribution in [2.24, 2.45) is 16.6 Å². The molecule has 0 spiro atoms. The molecule has 132 valence electrons. The maximum Gasteiger partial charge on any atom is 0.191 e. The fourth-order valence-corrected chi connectivity index (χ4v) is 3.22. The van der Waals surface area contributed by atoms with Crippen molar-refractivity contribution in [3.63, 3.8) is 0 Å². The van der Waals surface area contributed by atoms with Gasteiger partial charge >= 0.3 is 0 Å². The Kier molecular flexibility index (Phi) is 5.56. The monoisotopic (exact) mass is 334 g/mol. The van der Waals surface area contributed by atoms with E-state index in [1.165, 1.54) is 0 Å². The average Bonchev–Trinajstić information content (AvgIpc) is 2.61. The number of piperidine rings is 1. The summed E-state index contributed by atoms with van der Waals surface area (Å²) in [6, 6.07) is 5.34. The molecule has 2 aliphatic rings. The van der Waals surface area contributed by atoms with Gasteiger partial charge in [-0.1, -0.05) is 13.0 Å². The molecule has 0 amide bonds. The molecule has 0 atom stereocenters. The summed E-state index contributed by atoms with van der Waals surface area (Å²) in [7, 11) is 0. The molecule has 0 aromatic heterocycles. The average molecular weight is 334 g/mol. The Morgan fingerprint density at radius 3 is 2.62 bits per heavy atom. The van der Waals surface area contributed by atoms with Gasteiger partial charge in [0.2, 0.25) is 0 Å². The van der Waals surface area contributed by atoms with E-state index >= 15 is 0 Å². The quantitative estimate of drug-likeness (QED) is 0.680. The van der Waals surface area contributed by atoms with Crippen LogP contribution in [0.2, 0.25) is 0 Å². The minimum absolute atomic E-state index is 0.199. The fraction of sp³-hybridized carbons (Fsp3) is 0.611. The third-order valence-corrected chi connectivity index (χ3v) is 4.90. The molecule has 3 rings (SSSR count). The molecule has 0 unspecified atom stereocenters. The zero-order valence-electron chi connectivity index (χ0n) is 14.4. The van der Waals surface area contributed by atoms with Crippen molar-refractivity contribution in [3.8, 4) is 0 Å². The SMILES string of the molecule is CC1CCN(C(N)=NCc2ccc(N3CCOCC3)c(F)c2)CC1. The van der Waals surface area contributed by atoms with Crippen molar-refractivity contribution in [3.05, 3.63) is 29.6 Å². The zero-order valence-corrected chi connectivity index (χ0v) is 14.4. The van der Waals surface area contributed by atoms with Crippen molar-refractivity contribution >= 4 is 11.6 Å². The molecule has 5 nitrogen and oxygen atoms in total. The Morgan fingerprint density at radius 1 is 1.25 bits per heavy atom. The van der Waals surface area contributed by atoms with Crippen LogP contribution in [0.5, 0.6) is 0 Å². The van der Waals surface area contributed by atoms with Crippen LogP contribution in [0.15, 0.2) is 23.2 Å². The van der Waals surface area contributed by atoms with E-state index in [4.69, 9.17) is 10.5 Å². The summed E-state index contributed by atoms with van der Waals surface area (Å²) in [6.07, 6.45) is 2.30. The molecule has 2 N–H and O–H groups in total. The molecule has 2 heterocycles. The van der Waals surface area contributed by atoms with E-state index in [-0.39, 0.29) is 5.82 Å². The van der Waals surface area contributed by atoms with Gasteiger partial charge in [0.1, 0.15) is 5.82 Å². The van der Waals surface area contributed by atoms with Crippen LogP contribution in [-0.2, 0) is 11.3 Å². The first kappa shape index (κ1) is 17.0. The van der Waals surface area contributed by atoms with Crippen molar-refractivity contribution in [2.75, 3.05) is 44.3 Å². The maximum absolute atomic E-state index is 14.4. The summed E-state index contributed by atoms with van der Waals surface area (Å²) >= 11 is 0. The number of morpholine rings is 1. The number of aliphatic imine (C=N–C) groups is 1. The summed E-state index contributed by atoms with van der Waals surface area (Å²) in [5, 5.41) is 0. The van der Waals surface area contributed by atoms with E-state index in [1.807, 2.05) is 17.0 Å². The topological polar surface area (TPSA) is 54.1 Å². The largest absolute Gasteiger partial charge is 0.378 e. The number of guanidine groups is 1. The van der Waals surface area contributed by atoms with Crippen LogP contribution in [0.3, 0.4) is 0 Å². The minimum atomic E-state index is -0.199. The molecular formula is C18H27FN4O. The van der Waals surface area contributed by atoms with E-state index in [0.717, 1.165) is 50.5 Å². The van der Waals surface area contributed by atoms with Crippen LogP contribution < -0.4 is 10.6 Å². The first-order valence-electron chi connectivity index (χ1n) is 8.79. The van der Waals surface area contributed by atoms with Gasteiger partial charge in [-0.2, -0.15) is 0 Å². The number of halogens is 1. The number of likely N-dealkylation sites (tertiary alicyclic amines) is 1. The molecule has 2 saturated heterocycles. The second-order valence-electron chi connectivity index (χ2n) is 6.73. The van der Waals surface area contributed by atoms with Crippen molar-refractivity contribution < 1.29 is 9.13 Å². The van der Waals surface area contributed by atoms with Gasteiger partial charge in [0.15, 0.2) is 5.96 Å². The van der Waals surface area contributed by atoms with Gasteiger partial charge < -0.3 is 20.3 Å². The Bertz CT molecular complexity index is 578. The number of nitrogens with zero attached hydrogens (tertiary/aromatic N) is 3. The molecule has 1 aromatic carbocycles. The summed E-state index contributed by atoms with van der Waals surface area (Å²) < 4.78 is 19.7. The third-order valence-electron chi connectivity index (χ3n) is 4.90. The van der Waals surface area contributed by atoms with Gasteiger partial charge in [-0.05, 0) is 36.5 Å². The molecule has 0 saturated carbocycles. The number of hydrogen-bond donors (Lipinski definition) is 1. The molecule has 6 heteroatoms. The Labute approximate surface area is 143 Å². The molecule has 2 aliphatic heterocycles. The highest BCUT2D eigenvalue weighted by atomic mass is 19.1. The second-order valence-corrected chi connectivity index (χ2v) is 6.73. The van der Waals surface area contributed by atoms with Crippen LogP contribution in [0, 0.1) is 11.7 Å². The lowest BCUT2D eigenvalue weighted by Gasteiger charge is -2.31. The number of ether oxygens (including phenoxy) is 1. The van der Waals surface area contributed by atoms with Gasteiger partial charge in [-0.3, -0.25) is 0 Å². The van der Waals surface area contributed by atoms with E-state index in [0.29, 0.717) is 31.4 Å². The van der Waals surface area contributed by atoms with Gasteiger partial charge in [-0.15, -0.1) is 0 Å². The van der Waals surface area contributed by atoms with Gasteiger partial charge in [0, 0.05) is 26.2 Å². The van der Waals surface area contributed by atoms with E-state index < -0.39 is 0 Å². The van der Waals surface area contributed by atoms with E-state index in [2.05, 4.69) is 16.8 Å². The first-order valence-corrected chi connectivity index (χ1v) is 8.79. The highest BCUT2D eigenvalue weighted by Gasteiger charge is 2.17. The lowest BCUT2D eigenvalue weighted by Crippen LogP contribution is -2.42. The van der Waals surface area contributed by atoms with Gasteiger partial charge in [0.25, 0.3) is 0 Å². The first-order chi connectivity index (χ1) is 11.6. The smallest absolute Gasteiger partial charge is 0.191 e. The third kappa shape index (κ3) is 4.17. The molecule has 24 heavy (non-hydrogen) atoms. The highest BCUT2D eigenvalue weighted by Crippen LogP contribution is 2.22. The Morgan fingerprint density at radius 2 is 1.96 bits per heavy atom. The van der Waals surface area contributed by atoms with Crippen molar-refractivity contribution in [1.82, 2.24) is 4.90 Å². The van der Waals surface area contributed by atoms with Crippen molar-refractivity contribution in [1.29, 1.82) is 0 Å². The molecule has 1 aromatic rings. The fourth-order valence-electron chi connectivity index (χ4n) is 3.22. The number of hydrogen-bond acceptors (Lipinski definition) is 3. The van der Waals surface area contributed by atoms with Gasteiger partial charge in [-0.25, -0.2) is 9.38 Å². The maximum atomic E-state index is 14.4. The number of nitrogens with two attached hydrogens (primary N) is 1. The molecular weight excluding hydrogens is 307 g/mol. The van der Waals surface area contributed by atoms with E-state index in [9.17, 15) is 4.39 Å². The molecule has 0 aliphatic carbocycles. The Hall–Kier alpha value is -1.82. The predicted molar refractivity (Wildman–Crippen MR) is 94.7 cm³/mol. The minimum Gasteiger partial charge on any atom is -0.378 e. The van der Waals surface area contributed by atoms with Gasteiger partial charge in [0.05, 0.1) is 25.4 Å². The normalized spacial score (nSPS) is 20.5. The number of anilines is 1. The molecule has 0 radical (unpaired) electrons. The lowest BCUT2D eigenvalue weighted by atomic mass is 10.00. The molecule has 0 bridgehead atoms. The predicted octanol–water partition coefficient (Wildman–Crippen LogP) is 2.21. The van der Waals surface area contributed by atoms with Crippen LogP contribution in [0.4, 0.5) is 10.1 Å². The number of rotatable bonds is 3. The second kappa shape index (κ2) is 7.83. The standard InChI is InChI=1S/C18H27FN4O/c1-14-4-6-23(7-5-14)18(20)21-13-15-2-3-17(16(19)12-15)22-8-10-24-11-9-22/h2-3,12,14H,4-11,13H2,1H3,(H2,20,21). The van der Waals surface area contributed by atoms with Crippen molar-refractivity contribution in [2.45, 2.75) is 26.3 Å². The number of benzene rings is 1. The zero-order chi connectivity index (χ0) is 16.9. The summed E-state index contributed by atoms with van der Waals surface area (Å²) in [4.78, 5) is 8.59. The summed E-state index contributed by atoms with van der Waals surface area (Å²) in [6.45, 7) is 7.36. The van der Waals surface area contributed by atoms with E-state index in [1.54, 1.807) is 6.07 Å². The Balaban J connectivity index is 1.61. The van der Waals surface area contributed by atoms with Crippen LogP contribution in [0.1, 0.15) is 25.3 Å². The van der Waals surface area contributed by atoms with Crippen LogP contribution >= 0.6 is 0 Å². The lowest BCUT2D eigenvalue weighted by molar-refractivity contribution is 0.122.